The van der Waals surface area contributed by atoms with Crippen molar-refractivity contribution in [2.45, 2.75) is 37.8 Å². The Morgan fingerprint density at radius 1 is 1.45 bits per heavy atom. The van der Waals surface area contributed by atoms with Crippen LogP contribution in [0.3, 0.4) is 0 Å². The topological polar surface area (TPSA) is 75.4 Å². The van der Waals surface area contributed by atoms with Crippen LogP contribution in [0.25, 0.3) is 10.8 Å². The minimum absolute atomic E-state index is 0.162. The molecule has 2 atom stereocenters. The summed E-state index contributed by atoms with van der Waals surface area (Å²) in [5, 5.41) is 15.1. The van der Waals surface area contributed by atoms with Crippen LogP contribution < -0.4 is 5.32 Å². The quantitative estimate of drug-likeness (QED) is 0.911. The molecule has 106 valence electrons. The molecule has 5 nitrogen and oxygen atoms in total. The first-order valence-corrected chi connectivity index (χ1v) is 7.60. The van der Waals surface area contributed by atoms with E-state index < -0.39 is 6.10 Å². The third-order valence-electron chi connectivity index (χ3n) is 3.51. The average molecular weight is 292 g/mol. The van der Waals surface area contributed by atoms with Gasteiger partial charge < -0.3 is 14.8 Å². The average Bonchev–Trinajstić information content (AvgIpc) is 3.11. The van der Waals surface area contributed by atoms with Gasteiger partial charge in [-0.3, -0.25) is 4.79 Å². The van der Waals surface area contributed by atoms with Crippen molar-refractivity contribution in [3.8, 4) is 10.8 Å². The van der Waals surface area contributed by atoms with Crippen LogP contribution in [0, 0.1) is 0 Å². The van der Waals surface area contributed by atoms with Crippen LogP contribution in [0.4, 0.5) is 0 Å². The number of nitrogens with zero attached hydrogens (tertiary/aromatic N) is 1. The molecule has 2 N–H and O–H groups in total. The Bertz CT molecular complexity index is 579. The lowest BCUT2D eigenvalue weighted by Crippen LogP contribution is -2.45. The standard InChI is InChI=1S/C14H16N2O3S/c17-11-5-2-1-4-9(11)15-13(18)10-8-20-14(16-10)12-6-3-7-19-12/h3,6-9,11,17H,1-2,4-5H2,(H,15,18)/t9-,11-/m0/s1. The SMILES string of the molecule is O=C(N[C@H]1CCCC[C@@H]1O)c1csc(-c2ccco2)n1. The Hall–Kier alpha value is -1.66. The minimum Gasteiger partial charge on any atom is -0.462 e. The van der Waals surface area contributed by atoms with Crippen LogP contribution in [0.5, 0.6) is 0 Å². The third kappa shape index (κ3) is 2.76. The van der Waals surface area contributed by atoms with Gasteiger partial charge in [-0.1, -0.05) is 12.8 Å². The molecule has 0 aromatic carbocycles. The van der Waals surface area contributed by atoms with Gasteiger partial charge in [-0.2, -0.15) is 0 Å². The van der Waals surface area contributed by atoms with Crippen molar-refractivity contribution in [1.82, 2.24) is 10.3 Å². The first-order valence-electron chi connectivity index (χ1n) is 6.72. The predicted octanol–water partition coefficient (Wildman–Crippen LogP) is 2.44. The smallest absolute Gasteiger partial charge is 0.271 e. The van der Waals surface area contributed by atoms with E-state index in [2.05, 4.69) is 10.3 Å². The summed E-state index contributed by atoms with van der Waals surface area (Å²) in [5.74, 6) is 0.428. The molecule has 0 spiro atoms. The molecule has 6 heteroatoms. The van der Waals surface area contributed by atoms with Crippen LogP contribution in [0.2, 0.25) is 0 Å². The normalized spacial score (nSPS) is 22.6. The van der Waals surface area contributed by atoms with E-state index in [1.165, 1.54) is 11.3 Å². The summed E-state index contributed by atoms with van der Waals surface area (Å²) in [7, 11) is 0. The molecule has 0 saturated heterocycles. The van der Waals surface area contributed by atoms with E-state index in [-0.39, 0.29) is 11.9 Å². The number of furan rings is 1. The number of thiazole rings is 1. The third-order valence-corrected chi connectivity index (χ3v) is 4.37. The molecular weight excluding hydrogens is 276 g/mol. The Morgan fingerprint density at radius 3 is 3.05 bits per heavy atom. The molecule has 1 aliphatic rings. The van der Waals surface area contributed by atoms with Crippen LogP contribution in [-0.2, 0) is 0 Å². The number of amides is 1. The van der Waals surface area contributed by atoms with Gasteiger partial charge in [0.25, 0.3) is 5.91 Å². The number of aliphatic hydroxyl groups is 1. The molecule has 0 radical (unpaired) electrons. The molecule has 0 aliphatic heterocycles. The van der Waals surface area contributed by atoms with Crippen molar-refractivity contribution in [2.75, 3.05) is 0 Å². The van der Waals surface area contributed by atoms with Crippen molar-refractivity contribution >= 4 is 17.2 Å². The van der Waals surface area contributed by atoms with E-state index in [1.54, 1.807) is 17.7 Å². The number of hydrogen-bond acceptors (Lipinski definition) is 5. The van der Waals surface area contributed by atoms with E-state index in [0.717, 1.165) is 25.7 Å². The van der Waals surface area contributed by atoms with Crippen LogP contribution in [-0.4, -0.2) is 28.1 Å². The van der Waals surface area contributed by atoms with Crippen molar-refractivity contribution in [3.05, 3.63) is 29.5 Å². The van der Waals surface area contributed by atoms with E-state index >= 15 is 0 Å². The summed E-state index contributed by atoms with van der Waals surface area (Å²) in [6.45, 7) is 0. The first-order chi connectivity index (χ1) is 9.74. The largest absolute Gasteiger partial charge is 0.462 e. The van der Waals surface area contributed by atoms with Crippen LogP contribution in [0.1, 0.15) is 36.2 Å². The lowest BCUT2D eigenvalue weighted by atomic mass is 9.92. The number of carbonyl (C=O) groups is 1. The number of nitrogens with one attached hydrogen (secondary N) is 1. The fourth-order valence-corrected chi connectivity index (χ4v) is 3.18. The second-order valence-electron chi connectivity index (χ2n) is 4.95. The van der Waals surface area contributed by atoms with Gasteiger partial charge in [0.1, 0.15) is 5.69 Å². The van der Waals surface area contributed by atoms with Gasteiger partial charge in [-0.25, -0.2) is 4.98 Å². The Kier molecular flexibility index (Phi) is 3.84. The van der Waals surface area contributed by atoms with Crippen molar-refractivity contribution in [2.24, 2.45) is 0 Å². The molecular formula is C14H16N2O3S. The van der Waals surface area contributed by atoms with Gasteiger partial charge in [0.15, 0.2) is 10.8 Å². The summed E-state index contributed by atoms with van der Waals surface area (Å²) >= 11 is 1.37. The summed E-state index contributed by atoms with van der Waals surface area (Å²) in [6, 6.07) is 3.44. The highest BCUT2D eigenvalue weighted by Gasteiger charge is 2.25. The zero-order chi connectivity index (χ0) is 13.9. The maximum absolute atomic E-state index is 12.1. The highest BCUT2D eigenvalue weighted by molar-refractivity contribution is 7.13. The monoisotopic (exact) mass is 292 g/mol. The molecule has 1 saturated carbocycles. The Labute approximate surface area is 120 Å². The Morgan fingerprint density at radius 2 is 2.30 bits per heavy atom. The highest BCUT2D eigenvalue weighted by atomic mass is 32.1. The van der Waals surface area contributed by atoms with Crippen LogP contribution >= 0.6 is 11.3 Å². The second kappa shape index (κ2) is 5.76. The van der Waals surface area contributed by atoms with Crippen molar-refractivity contribution in [3.63, 3.8) is 0 Å². The number of hydrogen-bond donors (Lipinski definition) is 2. The number of carbonyl (C=O) groups excluding carboxylic acids is 1. The van der Waals surface area contributed by atoms with Gasteiger partial charge in [0.05, 0.1) is 18.4 Å². The molecule has 2 aromatic rings. The van der Waals surface area contributed by atoms with Gasteiger partial charge >= 0.3 is 0 Å². The molecule has 2 heterocycles. The highest BCUT2D eigenvalue weighted by Crippen LogP contribution is 2.24. The maximum Gasteiger partial charge on any atom is 0.271 e. The van der Waals surface area contributed by atoms with E-state index in [1.807, 2.05) is 6.07 Å². The number of rotatable bonds is 3. The molecule has 3 rings (SSSR count). The summed E-state index contributed by atoms with van der Waals surface area (Å²) < 4.78 is 5.26. The summed E-state index contributed by atoms with van der Waals surface area (Å²) in [6.07, 6.45) is 4.76. The van der Waals surface area contributed by atoms with Gasteiger partial charge in [-0.15, -0.1) is 11.3 Å². The Balaban J connectivity index is 1.68. The number of aromatic nitrogens is 1. The van der Waals surface area contributed by atoms with E-state index in [4.69, 9.17) is 4.42 Å². The first kappa shape index (κ1) is 13.3. The predicted molar refractivity (Wildman–Crippen MR) is 75.5 cm³/mol. The van der Waals surface area contributed by atoms with Crippen molar-refractivity contribution in [1.29, 1.82) is 0 Å². The second-order valence-corrected chi connectivity index (χ2v) is 5.81. The lowest BCUT2D eigenvalue weighted by molar-refractivity contribution is 0.0714. The van der Waals surface area contributed by atoms with Gasteiger partial charge in [-0.05, 0) is 25.0 Å². The zero-order valence-corrected chi connectivity index (χ0v) is 11.7. The fourth-order valence-electron chi connectivity index (χ4n) is 2.41. The van der Waals surface area contributed by atoms with E-state index in [9.17, 15) is 9.90 Å². The maximum atomic E-state index is 12.1. The molecule has 1 aliphatic carbocycles. The summed E-state index contributed by atoms with van der Waals surface area (Å²) in [5.41, 5.74) is 0.374. The molecule has 1 fully saturated rings. The molecule has 2 aromatic heterocycles. The molecule has 1 amide bonds. The molecule has 0 unspecified atom stereocenters. The van der Waals surface area contributed by atoms with Gasteiger partial charge in [0, 0.05) is 5.38 Å². The molecule has 20 heavy (non-hydrogen) atoms. The zero-order valence-electron chi connectivity index (χ0n) is 10.9. The number of aliphatic hydroxyl groups excluding tert-OH is 1. The summed E-state index contributed by atoms with van der Waals surface area (Å²) in [4.78, 5) is 16.4. The fraction of sp³-hybridized carbons (Fsp3) is 0.429. The van der Waals surface area contributed by atoms with Crippen LogP contribution in [0.15, 0.2) is 28.2 Å². The van der Waals surface area contributed by atoms with Gasteiger partial charge in [0.2, 0.25) is 0 Å². The minimum atomic E-state index is -0.448. The molecule has 0 bridgehead atoms. The van der Waals surface area contributed by atoms with E-state index in [0.29, 0.717) is 16.5 Å². The van der Waals surface area contributed by atoms with Crippen molar-refractivity contribution < 1.29 is 14.3 Å². The lowest BCUT2D eigenvalue weighted by Gasteiger charge is -2.27.